The maximum absolute atomic E-state index is 13.5. The Morgan fingerprint density at radius 1 is 1.12 bits per heavy atom. The molecule has 1 amide bonds. The number of carbonyl (C=O) groups excluding carboxylic acids is 1. The summed E-state index contributed by atoms with van der Waals surface area (Å²) in [5.41, 5.74) is 3.74. The van der Waals surface area contributed by atoms with Gasteiger partial charge in [-0.3, -0.25) is 14.9 Å². The first kappa shape index (κ1) is 21.2. The molecule has 0 bridgehead atoms. The van der Waals surface area contributed by atoms with Crippen LogP contribution in [0.25, 0.3) is 16.5 Å². The number of fused-ring (bicyclic) bond motifs is 1. The number of benzene rings is 2. The van der Waals surface area contributed by atoms with Gasteiger partial charge in [-0.05, 0) is 49.1 Å². The molecule has 8 heteroatoms. The summed E-state index contributed by atoms with van der Waals surface area (Å²) in [6.07, 6.45) is 6.13. The molecule has 0 unspecified atom stereocenters. The predicted molar refractivity (Wildman–Crippen MR) is 125 cm³/mol. The van der Waals surface area contributed by atoms with Crippen LogP contribution >= 0.6 is 0 Å². The highest BCUT2D eigenvalue weighted by molar-refractivity contribution is 5.93. The molecule has 1 fully saturated rings. The average Bonchev–Trinajstić information content (AvgIpc) is 3.27. The number of anilines is 1. The molecule has 2 aliphatic rings. The molecule has 5 rings (SSSR count). The third-order valence-electron chi connectivity index (χ3n) is 6.77. The van der Waals surface area contributed by atoms with Gasteiger partial charge in [0, 0.05) is 60.8 Å². The van der Waals surface area contributed by atoms with E-state index in [2.05, 4.69) is 11.1 Å². The number of nitrogens with one attached hydrogen (secondary N) is 1. The first-order valence-electron chi connectivity index (χ1n) is 11.2. The van der Waals surface area contributed by atoms with E-state index in [1.807, 2.05) is 16.0 Å². The molecular weight excluding hydrogens is 423 g/mol. The smallest absolute Gasteiger partial charge is 0.292 e. The summed E-state index contributed by atoms with van der Waals surface area (Å²) in [7, 11) is 0. The lowest BCUT2D eigenvalue weighted by Crippen LogP contribution is -2.44. The predicted octanol–water partition coefficient (Wildman–Crippen LogP) is 4.75. The molecule has 0 atom stereocenters. The largest absolute Gasteiger partial charge is 0.366 e. The molecule has 1 N–H and O–H groups in total. The molecule has 1 saturated heterocycles. The highest BCUT2D eigenvalue weighted by Gasteiger charge is 2.31. The number of amides is 1. The van der Waals surface area contributed by atoms with Crippen molar-refractivity contribution in [2.45, 2.75) is 19.3 Å². The van der Waals surface area contributed by atoms with Crippen molar-refractivity contribution in [3.63, 3.8) is 0 Å². The Hall–Kier alpha value is -3.68. The van der Waals surface area contributed by atoms with Gasteiger partial charge in [-0.1, -0.05) is 18.2 Å². The fraction of sp³-hybridized carbons (Fsp3) is 0.320. The number of nitro benzene ring substituents is 1. The summed E-state index contributed by atoms with van der Waals surface area (Å²) in [4.78, 5) is 31.2. The molecule has 0 spiro atoms. The topological polar surface area (TPSA) is 82.5 Å². The number of halogens is 1. The number of nitrogens with zero attached hydrogens (tertiary/aromatic N) is 3. The van der Waals surface area contributed by atoms with E-state index in [9.17, 15) is 19.3 Å². The van der Waals surface area contributed by atoms with E-state index in [0.29, 0.717) is 44.7 Å². The minimum atomic E-state index is -0.353. The molecule has 1 aromatic heterocycles. The quantitative estimate of drug-likeness (QED) is 0.461. The molecule has 2 aliphatic heterocycles. The fourth-order valence-corrected chi connectivity index (χ4v) is 4.99. The molecule has 3 aromatic rings. The molecule has 7 nitrogen and oxygen atoms in total. The van der Waals surface area contributed by atoms with Gasteiger partial charge in [-0.25, -0.2) is 4.39 Å². The van der Waals surface area contributed by atoms with Crippen LogP contribution in [0, 0.1) is 21.8 Å². The SMILES string of the molecule is O=C(C1CCN(c2ccccc2[N+](=O)[O-])CC1)N1CC=C(c2c[nH]c3cc(F)ccc23)CC1. The Morgan fingerprint density at radius 2 is 1.91 bits per heavy atom. The Morgan fingerprint density at radius 3 is 2.64 bits per heavy atom. The second-order valence-corrected chi connectivity index (χ2v) is 8.66. The molecule has 0 radical (unpaired) electrons. The molecule has 0 aliphatic carbocycles. The second-order valence-electron chi connectivity index (χ2n) is 8.66. The van der Waals surface area contributed by atoms with E-state index in [1.165, 1.54) is 23.8 Å². The van der Waals surface area contributed by atoms with Crippen molar-refractivity contribution in [2.24, 2.45) is 5.92 Å². The number of piperidine rings is 1. The van der Waals surface area contributed by atoms with E-state index in [-0.39, 0.29) is 28.3 Å². The molecular formula is C25H25FN4O3. The molecule has 33 heavy (non-hydrogen) atoms. The lowest BCUT2D eigenvalue weighted by molar-refractivity contribution is -0.384. The van der Waals surface area contributed by atoms with Crippen LogP contribution in [0.5, 0.6) is 0 Å². The number of hydrogen-bond donors (Lipinski definition) is 1. The van der Waals surface area contributed by atoms with Crippen LogP contribution in [0.4, 0.5) is 15.8 Å². The van der Waals surface area contributed by atoms with E-state index in [4.69, 9.17) is 0 Å². The molecule has 3 heterocycles. The lowest BCUT2D eigenvalue weighted by Gasteiger charge is -2.36. The van der Waals surface area contributed by atoms with Crippen molar-refractivity contribution in [2.75, 3.05) is 31.1 Å². The number of hydrogen-bond acceptors (Lipinski definition) is 4. The van der Waals surface area contributed by atoms with Gasteiger partial charge in [-0.2, -0.15) is 0 Å². The van der Waals surface area contributed by atoms with Crippen LogP contribution in [0.1, 0.15) is 24.8 Å². The maximum Gasteiger partial charge on any atom is 0.292 e. The summed E-state index contributed by atoms with van der Waals surface area (Å²) in [5.74, 6) is -0.165. The third-order valence-corrected chi connectivity index (χ3v) is 6.77. The zero-order valence-electron chi connectivity index (χ0n) is 18.2. The first-order chi connectivity index (χ1) is 16.0. The number of rotatable bonds is 4. The number of aromatic amines is 1. The van der Waals surface area contributed by atoms with E-state index in [0.717, 1.165) is 22.9 Å². The van der Waals surface area contributed by atoms with Gasteiger partial charge in [0.05, 0.1) is 4.92 Å². The summed E-state index contributed by atoms with van der Waals surface area (Å²) < 4.78 is 13.5. The Kier molecular flexibility index (Phi) is 5.58. The summed E-state index contributed by atoms with van der Waals surface area (Å²) in [6.45, 7) is 2.47. The van der Waals surface area contributed by atoms with Crippen molar-refractivity contribution in [1.29, 1.82) is 0 Å². The van der Waals surface area contributed by atoms with Gasteiger partial charge in [-0.15, -0.1) is 0 Å². The Bertz CT molecular complexity index is 1240. The fourth-order valence-electron chi connectivity index (χ4n) is 4.99. The van der Waals surface area contributed by atoms with Crippen LogP contribution in [0.2, 0.25) is 0 Å². The minimum Gasteiger partial charge on any atom is -0.366 e. The number of nitro groups is 1. The van der Waals surface area contributed by atoms with E-state index < -0.39 is 0 Å². The number of carbonyl (C=O) groups is 1. The van der Waals surface area contributed by atoms with E-state index in [1.54, 1.807) is 24.3 Å². The number of para-hydroxylation sites is 2. The highest BCUT2D eigenvalue weighted by atomic mass is 19.1. The molecule has 0 saturated carbocycles. The van der Waals surface area contributed by atoms with Crippen molar-refractivity contribution >= 4 is 33.8 Å². The Labute approximate surface area is 190 Å². The van der Waals surface area contributed by atoms with Gasteiger partial charge >= 0.3 is 0 Å². The molecule has 2 aromatic carbocycles. The zero-order chi connectivity index (χ0) is 22.9. The summed E-state index contributed by atoms with van der Waals surface area (Å²) in [6, 6.07) is 11.5. The zero-order valence-corrected chi connectivity index (χ0v) is 18.2. The second kappa shape index (κ2) is 8.69. The summed E-state index contributed by atoms with van der Waals surface area (Å²) in [5, 5.41) is 12.3. The van der Waals surface area contributed by atoms with Crippen LogP contribution in [-0.4, -0.2) is 46.9 Å². The van der Waals surface area contributed by atoms with Crippen LogP contribution < -0.4 is 4.90 Å². The van der Waals surface area contributed by atoms with Crippen molar-refractivity contribution in [3.8, 4) is 0 Å². The van der Waals surface area contributed by atoms with Crippen LogP contribution in [0.3, 0.4) is 0 Å². The van der Waals surface area contributed by atoms with Gasteiger partial charge in [0.25, 0.3) is 5.69 Å². The first-order valence-corrected chi connectivity index (χ1v) is 11.2. The maximum atomic E-state index is 13.5. The number of aromatic nitrogens is 1. The van der Waals surface area contributed by atoms with Gasteiger partial charge < -0.3 is 14.8 Å². The monoisotopic (exact) mass is 448 g/mol. The van der Waals surface area contributed by atoms with Crippen LogP contribution in [-0.2, 0) is 4.79 Å². The van der Waals surface area contributed by atoms with Crippen molar-refractivity contribution in [1.82, 2.24) is 9.88 Å². The number of H-pyrrole nitrogens is 1. The third kappa shape index (κ3) is 4.08. The van der Waals surface area contributed by atoms with Gasteiger partial charge in [0.1, 0.15) is 11.5 Å². The van der Waals surface area contributed by atoms with Crippen molar-refractivity contribution < 1.29 is 14.1 Å². The van der Waals surface area contributed by atoms with Crippen molar-refractivity contribution in [3.05, 3.63) is 76.2 Å². The van der Waals surface area contributed by atoms with E-state index >= 15 is 0 Å². The normalized spacial score (nSPS) is 17.3. The van der Waals surface area contributed by atoms with Crippen LogP contribution in [0.15, 0.2) is 54.7 Å². The minimum absolute atomic E-state index is 0.0602. The summed E-state index contributed by atoms with van der Waals surface area (Å²) >= 11 is 0. The standard InChI is InChI=1S/C25H25FN4O3/c26-19-5-6-20-21(16-27-22(20)15-19)17-7-13-29(14-8-17)25(31)18-9-11-28(12-10-18)23-3-1-2-4-24(23)30(32)33/h1-7,15-16,18,27H,8-14H2. The average molecular weight is 448 g/mol. The molecule has 170 valence electrons. The highest BCUT2D eigenvalue weighted by Crippen LogP contribution is 2.33. The Balaban J connectivity index is 1.22. The van der Waals surface area contributed by atoms with Gasteiger partial charge in [0.15, 0.2) is 0 Å². The van der Waals surface area contributed by atoms with Gasteiger partial charge in [0.2, 0.25) is 5.91 Å². The lowest BCUT2D eigenvalue weighted by atomic mass is 9.93.